The summed E-state index contributed by atoms with van der Waals surface area (Å²) in [6.45, 7) is 0. The quantitative estimate of drug-likeness (QED) is 0.623. The molecule has 0 aliphatic heterocycles. The fourth-order valence-electron chi connectivity index (χ4n) is 0.739. The molecule has 2 N–H and O–H groups in total. The highest BCUT2D eigenvalue weighted by atomic mass is 35.5. The van der Waals surface area contributed by atoms with Crippen LogP contribution in [0.25, 0.3) is 0 Å². The SMILES string of the molecule is Cl.NN(OC(F)(F)F)c1ccccc1. The van der Waals surface area contributed by atoms with Crippen LogP contribution in [0.4, 0.5) is 18.9 Å². The number of para-hydroxylation sites is 1. The van der Waals surface area contributed by atoms with Crippen molar-refractivity contribution in [2.75, 3.05) is 5.17 Å². The van der Waals surface area contributed by atoms with E-state index in [1.807, 2.05) is 0 Å². The van der Waals surface area contributed by atoms with Crippen LogP contribution in [0.3, 0.4) is 0 Å². The number of hydrazine groups is 1. The molecule has 3 nitrogen and oxygen atoms in total. The maximum Gasteiger partial charge on any atom is 0.545 e. The second-order valence-corrected chi connectivity index (χ2v) is 2.20. The Balaban J connectivity index is 0.00000169. The zero-order valence-electron chi connectivity index (χ0n) is 6.86. The number of hydrogen-bond acceptors (Lipinski definition) is 3. The lowest BCUT2D eigenvalue weighted by Crippen LogP contribution is -2.36. The lowest BCUT2D eigenvalue weighted by Gasteiger charge is -2.18. The molecule has 7 heteroatoms. The van der Waals surface area contributed by atoms with Crippen LogP contribution in [0, 0.1) is 0 Å². The van der Waals surface area contributed by atoms with E-state index in [9.17, 15) is 13.2 Å². The van der Waals surface area contributed by atoms with Gasteiger partial charge in [-0.2, -0.15) is 10.0 Å². The fourth-order valence-corrected chi connectivity index (χ4v) is 0.739. The van der Waals surface area contributed by atoms with Crippen molar-refractivity contribution in [2.24, 2.45) is 5.84 Å². The molecule has 1 aromatic rings. The van der Waals surface area contributed by atoms with Crippen molar-refractivity contribution in [3.63, 3.8) is 0 Å². The van der Waals surface area contributed by atoms with Crippen molar-refractivity contribution in [1.29, 1.82) is 0 Å². The molecule has 0 fully saturated rings. The molecule has 0 aliphatic rings. The number of halogens is 4. The Morgan fingerprint density at radius 1 is 1.14 bits per heavy atom. The van der Waals surface area contributed by atoms with E-state index in [4.69, 9.17) is 5.84 Å². The summed E-state index contributed by atoms with van der Waals surface area (Å²) in [5, 5.41) is 0.167. The van der Waals surface area contributed by atoms with Crippen molar-refractivity contribution in [3.05, 3.63) is 30.3 Å². The Labute approximate surface area is 84.6 Å². The fraction of sp³-hybridized carbons (Fsp3) is 0.143. The van der Waals surface area contributed by atoms with E-state index in [0.29, 0.717) is 0 Å². The van der Waals surface area contributed by atoms with Gasteiger partial charge in [-0.3, -0.25) is 0 Å². The van der Waals surface area contributed by atoms with E-state index in [-0.39, 0.29) is 23.3 Å². The van der Waals surface area contributed by atoms with Gasteiger partial charge >= 0.3 is 6.36 Å². The number of nitrogens with zero attached hydrogens (tertiary/aromatic N) is 1. The summed E-state index contributed by atoms with van der Waals surface area (Å²) in [6.07, 6.45) is -4.77. The number of benzene rings is 1. The maximum atomic E-state index is 11.6. The maximum absolute atomic E-state index is 11.6. The average Bonchev–Trinajstić information content (AvgIpc) is 2.03. The van der Waals surface area contributed by atoms with Gasteiger partial charge in [0.2, 0.25) is 0 Å². The van der Waals surface area contributed by atoms with Crippen molar-refractivity contribution in [3.8, 4) is 0 Å². The Kier molecular flexibility index (Phi) is 4.69. The zero-order chi connectivity index (χ0) is 9.90. The average molecular weight is 229 g/mol. The predicted octanol–water partition coefficient (Wildman–Crippen LogP) is 2.24. The summed E-state index contributed by atoms with van der Waals surface area (Å²) < 4.78 is 34.9. The molecule has 0 aromatic heterocycles. The topological polar surface area (TPSA) is 38.5 Å². The van der Waals surface area contributed by atoms with Gasteiger partial charge in [0, 0.05) is 0 Å². The summed E-state index contributed by atoms with van der Waals surface area (Å²) in [7, 11) is 0. The molecule has 80 valence electrons. The Morgan fingerprint density at radius 2 is 1.64 bits per heavy atom. The Bertz CT molecular complexity index is 267. The molecule has 0 aliphatic carbocycles. The van der Waals surface area contributed by atoms with Gasteiger partial charge in [0.15, 0.2) is 0 Å². The van der Waals surface area contributed by atoms with Crippen molar-refractivity contribution in [2.45, 2.75) is 6.36 Å². The molecular formula is C7H8ClF3N2O. The highest BCUT2D eigenvalue weighted by Gasteiger charge is 2.32. The Morgan fingerprint density at radius 3 is 2.07 bits per heavy atom. The van der Waals surface area contributed by atoms with Crippen LogP contribution in [-0.2, 0) is 4.84 Å². The van der Waals surface area contributed by atoms with Crippen LogP contribution in [0.5, 0.6) is 0 Å². The van der Waals surface area contributed by atoms with Crippen molar-refractivity contribution in [1.82, 2.24) is 0 Å². The van der Waals surface area contributed by atoms with Gasteiger partial charge < -0.3 is 0 Å². The minimum absolute atomic E-state index is 0. The molecule has 0 spiro atoms. The summed E-state index contributed by atoms with van der Waals surface area (Å²) in [6, 6.07) is 7.55. The third-order valence-electron chi connectivity index (χ3n) is 1.21. The van der Waals surface area contributed by atoms with Gasteiger partial charge in [-0.25, -0.2) is 5.84 Å². The van der Waals surface area contributed by atoms with Crippen LogP contribution in [0.1, 0.15) is 0 Å². The molecule has 1 rings (SSSR count). The normalized spacial score (nSPS) is 10.6. The summed E-state index contributed by atoms with van der Waals surface area (Å²) in [4.78, 5) is 3.43. The third-order valence-corrected chi connectivity index (χ3v) is 1.21. The van der Waals surface area contributed by atoms with Crippen LogP contribution < -0.4 is 11.0 Å². The van der Waals surface area contributed by atoms with Crippen LogP contribution in [0.2, 0.25) is 0 Å². The first-order chi connectivity index (χ1) is 5.99. The monoisotopic (exact) mass is 228 g/mol. The van der Waals surface area contributed by atoms with Crippen LogP contribution >= 0.6 is 12.4 Å². The molecule has 0 unspecified atom stereocenters. The van der Waals surface area contributed by atoms with E-state index < -0.39 is 6.36 Å². The number of rotatable bonds is 2. The highest BCUT2D eigenvalue weighted by Crippen LogP contribution is 2.20. The predicted molar refractivity (Wildman–Crippen MR) is 47.5 cm³/mol. The van der Waals surface area contributed by atoms with E-state index in [1.54, 1.807) is 18.2 Å². The molecule has 0 bridgehead atoms. The van der Waals surface area contributed by atoms with Crippen LogP contribution in [-0.4, -0.2) is 6.36 Å². The van der Waals surface area contributed by atoms with Gasteiger partial charge in [0.1, 0.15) is 0 Å². The lowest BCUT2D eigenvalue weighted by atomic mass is 10.3. The second-order valence-electron chi connectivity index (χ2n) is 2.20. The summed E-state index contributed by atoms with van der Waals surface area (Å²) in [5.74, 6) is 4.97. The van der Waals surface area contributed by atoms with Crippen molar-refractivity contribution < 1.29 is 18.0 Å². The Hall–Kier alpha value is -0.980. The van der Waals surface area contributed by atoms with Gasteiger partial charge in [-0.1, -0.05) is 18.2 Å². The van der Waals surface area contributed by atoms with E-state index in [0.717, 1.165) is 0 Å². The number of alkyl halides is 3. The van der Waals surface area contributed by atoms with E-state index >= 15 is 0 Å². The molecular weight excluding hydrogens is 221 g/mol. The summed E-state index contributed by atoms with van der Waals surface area (Å²) in [5.41, 5.74) is 0.125. The molecule has 0 saturated carbocycles. The van der Waals surface area contributed by atoms with Gasteiger partial charge in [0.05, 0.1) is 5.69 Å². The first-order valence-electron chi connectivity index (χ1n) is 3.35. The highest BCUT2D eigenvalue weighted by molar-refractivity contribution is 5.85. The smallest absolute Gasteiger partial charge is 0.222 e. The zero-order valence-corrected chi connectivity index (χ0v) is 7.68. The van der Waals surface area contributed by atoms with Crippen LogP contribution in [0.15, 0.2) is 30.3 Å². The standard InChI is InChI=1S/C7H7F3N2O.ClH/c8-7(9,10)13-12(11)6-4-2-1-3-5-6;/h1-5H,11H2;1H. The third kappa shape index (κ3) is 4.31. The first kappa shape index (κ1) is 13.0. The number of nitrogens with two attached hydrogens (primary N) is 1. The lowest BCUT2D eigenvalue weighted by molar-refractivity contribution is -0.330. The van der Waals surface area contributed by atoms with E-state index in [2.05, 4.69) is 4.84 Å². The van der Waals surface area contributed by atoms with Gasteiger partial charge in [-0.15, -0.1) is 25.6 Å². The number of anilines is 1. The molecule has 1 aromatic carbocycles. The largest absolute Gasteiger partial charge is 0.545 e. The number of hydrogen-bond donors (Lipinski definition) is 1. The molecule has 0 atom stereocenters. The van der Waals surface area contributed by atoms with Crippen molar-refractivity contribution >= 4 is 18.1 Å². The molecule has 0 heterocycles. The minimum Gasteiger partial charge on any atom is -0.222 e. The molecule has 0 radical (unpaired) electrons. The molecule has 0 saturated heterocycles. The summed E-state index contributed by atoms with van der Waals surface area (Å²) >= 11 is 0. The molecule has 0 amide bonds. The van der Waals surface area contributed by atoms with E-state index in [1.165, 1.54) is 12.1 Å². The van der Waals surface area contributed by atoms with Gasteiger partial charge in [0.25, 0.3) is 0 Å². The molecule has 14 heavy (non-hydrogen) atoms. The minimum atomic E-state index is -4.77. The van der Waals surface area contributed by atoms with Gasteiger partial charge in [-0.05, 0) is 12.1 Å². The first-order valence-corrected chi connectivity index (χ1v) is 3.35. The second kappa shape index (κ2) is 5.04.